The highest BCUT2D eigenvalue weighted by Crippen LogP contribution is 2.13. The lowest BCUT2D eigenvalue weighted by atomic mass is 10.1. The molecule has 0 aromatic heterocycles. The molecule has 1 fully saturated rings. The Kier molecular flexibility index (Phi) is 6.67. The molecule has 0 radical (unpaired) electrons. The summed E-state index contributed by atoms with van der Waals surface area (Å²) in [4.78, 5) is 2.76. The lowest BCUT2D eigenvalue weighted by Gasteiger charge is -2.26. The van der Waals surface area contributed by atoms with Gasteiger partial charge in [0.2, 0.25) is 10.0 Å². The summed E-state index contributed by atoms with van der Waals surface area (Å²) in [5.74, 6) is 0. The molecule has 0 spiro atoms. The maximum absolute atomic E-state index is 12.1. The van der Waals surface area contributed by atoms with Crippen molar-refractivity contribution in [3.63, 3.8) is 0 Å². The van der Waals surface area contributed by atoms with E-state index in [1.54, 1.807) is 12.1 Å². The Hall–Kier alpha value is -0.430. The SMILES string of the molecule is O=S(=O)(NCCCN1CCCCC1)c1ccc(CBr)cc1. The van der Waals surface area contributed by atoms with Gasteiger partial charge in [-0.05, 0) is 56.6 Å². The van der Waals surface area contributed by atoms with E-state index in [4.69, 9.17) is 0 Å². The van der Waals surface area contributed by atoms with Gasteiger partial charge in [0, 0.05) is 11.9 Å². The van der Waals surface area contributed by atoms with Crippen LogP contribution in [0.15, 0.2) is 29.2 Å². The zero-order chi connectivity index (χ0) is 15.1. The van der Waals surface area contributed by atoms with Gasteiger partial charge in [0.05, 0.1) is 4.90 Å². The Balaban J connectivity index is 1.77. The predicted molar refractivity (Wildman–Crippen MR) is 89.2 cm³/mol. The molecule has 1 saturated heterocycles. The molecule has 1 aliphatic heterocycles. The molecule has 6 heteroatoms. The first-order valence-electron chi connectivity index (χ1n) is 7.49. The minimum absolute atomic E-state index is 0.338. The van der Waals surface area contributed by atoms with Crippen molar-refractivity contribution in [3.8, 4) is 0 Å². The standard InChI is InChI=1S/C15H23BrN2O2S/c16-13-14-5-7-15(8-6-14)21(19,20)17-9-4-12-18-10-2-1-3-11-18/h5-8,17H,1-4,9-13H2. The molecule has 0 saturated carbocycles. The first-order chi connectivity index (χ1) is 10.1. The van der Waals surface area contributed by atoms with Crippen molar-refractivity contribution in [3.05, 3.63) is 29.8 Å². The molecule has 0 atom stereocenters. The number of nitrogens with one attached hydrogen (secondary N) is 1. The highest BCUT2D eigenvalue weighted by Gasteiger charge is 2.14. The van der Waals surface area contributed by atoms with E-state index < -0.39 is 10.0 Å². The topological polar surface area (TPSA) is 49.4 Å². The van der Waals surface area contributed by atoms with Crippen LogP contribution in [-0.2, 0) is 15.4 Å². The fourth-order valence-electron chi connectivity index (χ4n) is 2.53. The van der Waals surface area contributed by atoms with Crippen LogP contribution in [0.3, 0.4) is 0 Å². The van der Waals surface area contributed by atoms with Gasteiger partial charge in [-0.1, -0.05) is 34.5 Å². The van der Waals surface area contributed by atoms with Crippen LogP contribution >= 0.6 is 15.9 Å². The molecule has 2 rings (SSSR count). The van der Waals surface area contributed by atoms with E-state index in [1.807, 2.05) is 12.1 Å². The van der Waals surface area contributed by atoms with E-state index in [1.165, 1.54) is 19.3 Å². The number of rotatable bonds is 7. The van der Waals surface area contributed by atoms with E-state index in [2.05, 4.69) is 25.6 Å². The summed E-state index contributed by atoms with van der Waals surface area (Å²) in [5.41, 5.74) is 1.07. The Morgan fingerprint density at radius 2 is 1.76 bits per heavy atom. The molecular weight excluding hydrogens is 352 g/mol. The second kappa shape index (κ2) is 8.27. The van der Waals surface area contributed by atoms with Crippen LogP contribution in [0.1, 0.15) is 31.2 Å². The summed E-state index contributed by atoms with van der Waals surface area (Å²) in [6.45, 7) is 3.78. The Morgan fingerprint density at radius 3 is 2.38 bits per heavy atom. The first-order valence-corrected chi connectivity index (χ1v) is 10.1. The smallest absolute Gasteiger partial charge is 0.240 e. The molecule has 118 valence electrons. The largest absolute Gasteiger partial charge is 0.303 e. The van der Waals surface area contributed by atoms with Crippen LogP contribution < -0.4 is 4.72 Å². The number of hydrogen-bond donors (Lipinski definition) is 1. The van der Waals surface area contributed by atoms with Crippen LogP contribution in [0.4, 0.5) is 0 Å². The molecule has 1 heterocycles. The normalized spacial score (nSPS) is 17.0. The summed E-state index contributed by atoms with van der Waals surface area (Å²) < 4.78 is 27.0. The van der Waals surface area contributed by atoms with Crippen molar-refractivity contribution < 1.29 is 8.42 Å². The molecule has 0 amide bonds. The Morgan fingerprint density at radius 1 is 1.10 bits per heavy atom. The number of hydrogen-bond acceptors (Lipinski definition) is 3. The minimum atomic E-state index is -3.37. The molecule has 1 aromatic carbocycles. The van der Waals surface area contributed by atoms with Gasteiger partial charge in [-0.3, -0.25) is 0 Å². The fourth-order valence-corrected chi connectivity index (χ4v) is 3.98. The van der Waals surface area contributed by atoms with Crippen LogP contribution in [0.5, 0.6) is 0 Å². The Labute approximate surface area is 136 Å². The zero-order valence-corrected chi connectivity index (χ0v) is 14.6. The van der Waals surface area contributed by atoms with Gasteiger partial charge in [-0.25, -0.2) is 13.1 Å². The van der Waals surface area contributed by atoms with Crippen molar-refractivity contribution in [1.82, 2.24) is 9.62 Å². The molecule has 21 heavy (non-hydrogen) atoms. The maximum Gasteiger partial charge on any atom is 0.240 e. The van der Waals surface area contributed by atoms with Gasteiger partial charge in [-0.15, -0.1) is 0 Å². The van der Waals surface area contributed by atoms with Gasteiger partial charge in [-0.2, -0.15) is 0 Å². The van der Waals surface area contributed by atoms with E-state index in [9.17, 15) is 8.42 Å². The molecule has 1 aromatic rings. The van der Waals surface area contributed by atoms with E-state index in [-0.39, 0.29) is 0 Å². The predicted octanol–water partition coefficient (Wildman–Crippen LogP) is 2.74. The molecule has 0 unspecified atom stereocenters. The molecule has 4 nitrogen and oxygen atoms in total. The van der Waals surface area contributed by atoms with Gasteiger partial charge < -0.3 is 4.90 Å². The number of halogens is 1. The fraction of sp³-hybridized carbons (Fsp3) is 0.600. The van der Waals surface area contributed by atoms with Crippen molar-refractivity contribution >= 4 is 26.0 Å². The van der Waals surface area contributed by atoms with E-state index in [0.29, 0.717) is 11.4 Å². The average Bonchev–Trinajstić information content (AvgIpc) is 2.53. The molecule has 0 bridgehead atoms. The number of sulfonamides is 1. The summed E-state index contributed by atoms with van der Waals surface area (Å²) in [6.07, 6.45) is 4.73. The first kappa shape index (κ1) is 16.9. The second-order valence-corrected chi connectivity index (χ2v) is 7.76. The van der Waals surface area contributed by atoms with Gasteiger partial charge in [0.25, 0.3) is 0 Å². The molecular formula is C15H23BrN2O2S. The monoisotopic (exact) mass is 374 g/mol. The van der Waals surface area contributed by atoms with Crippen molar-refractivity contribution in [1.29, 1.82) is 0 Å². The summed E-state index contributed by atoms with van der Waals surface area (Å²) in [5, 5.41) is 0.733. The molecule has 1 aliphatic rings. The van der Waals surface area contributed by atoms with Gasteiger partial charge >= 0.3 is 0 Å². The average molecular weight is 375 g/mol. The third kappa shape index (κ3) is 5.36. The number of alkyl halides is 1. The Bertz CT molecular complexity index is 525. The summed E-state index contributed by atoms with van der Waals surface area (Å²) in [6, 6.07) is 6.97. The van der Waals surface area contributed by atoms with Crippen LogP contribution in [-0.4, -0.2) is 39.5 Å². The molecule has 0 aliphatic carbocycles. The zero-order valence-electron chi connectivity index (χ0n) is 12.2. The van der Waals surface area contributed by atoms with Crippen molar-refractivity contribution in [2.24, 2.45) is 0 Å². The second-order valence-electron chi connectivity index (χ2n) is 5.43. The lowest BCUT2D eigenvalue weighted by molar-refractivity contribution is 0.227. The summed E-state index contributed by atoms with van der Waals surface area (Å²) in [7, 11) is -3.37. The van der Waals surface area contributed by atoms with Crippen molar-refractivity contribution in [2.45, 2.75) is 35.9 Å². The summed E-state index contributed by atoms with van der Waals surface area (Å²) >= 11 is 3.35. The quantitative estimate of drug-likeness (QED) is 0.589. The lowest BCUT2D eigenvalue weighted by Crippen LogP contribution is -2.33. The van der Waals surface area contributed by atoms with E-state index in [0.717, 1.165) is 36.9 Å². The van der Waals surface area contributed by atoms with Crippen LogP contribution in [0.2, 0.25) is 0 Å². The third-order valence-electron chi connectivity index (χ3n) is 3.78. The van der Waals surface area contributed by atoms with Crippen molar-refractivity contribution in [2.75, 3.05) is 26.2 Å². The minimum Gasteiger partial charge on any atom is -0.303 e. The number of benzene rings is 1. The third-order valence-corrected chi connectivity index (χ3v) is 5.90. The maximum atomic E-state index is 12.1. The number of likely N-dealkylation sites (tertiary alicyclic amines) is 1. The number of nitrogens with zero attached hydrogens (tertiary/aromatic N) is 1. The highest BCUT2D eigenvalue weighted by atomic mass is 79.9. The van der Waals surface area contributed by atoms with Gasteiger partial charge in [0.15, 0.2) is 0 Å². The van der Waals surface area contributed by atoms with Crippen LogP contribution in [0, 0.1) is 0 Å². The highest BCUT2D eigenvalue weighted by molar-refractivity contribution is 9.08. The van der Waals surface area contributed by atoms with E-state index >= 15 is 0 Å². The number of piperidine rings is 1. The van der Waals surface area contributed by atoms with Crippen LogP contribution in [0.25, 0.3) is 0 Å². The molecule has 1 N–H and O–H groups in total. The van der Waals surface area contributed by atoms with Gasteiger partial charge in [0.1, 0.15) is 0 Å².